The van der Waals surface area contributed by atoms with Crippen molar-refractivity contribution in [1.29, 1.82) is 0 Å². The number of nitrogens with one attached hydrogen (secondary N) is 2. The van der Waals surface area contributed by atoms with Crippen LogP contribution in [0.2, 0.25) is 5.02 Å². The molecule has 1 aromatic rings. The average molecular weight is 422 g/mol. The molecule has 2 fully saturated rings. The Hall–Kier alpha value is -1.55. The maximum absolute atomic E-state index is 13.0. The molecule has 2 amide bonds. The van der Waals surface area contributed by atoms with Gasteiger partial charge in [-0.25, -0.2) is 4.79 Å². The number of hydrogen-bond acceptors (Lipinski definition) is 4. The van der Waals surface area contributed by atoms with Crippen molar-refractivity contribution in [3.8, 4) is 0 Å². The van der Waals surface area contributed by atoms with Crippen molar-refractivity contribution in [2.45, 2.75) is 18.6 Å². The predicted octanol–water partition coefficient (Wildman–Crippen LogP) is 3.22. The predicted molar refractivity (Wildman–Crippen MR) is 98.6 cm³/mol. The van der Waals surface area contributed by atoms with Crippen molar-refractivity contribution < 1.29 is 27.4 Å². The Morgan fingerprint density at radius 3 is 2.64 bits per heavy atom. The summed E-state index contributed by atoms with van der Waals surface area (Å²) in [5.74, 6) is 0.297. The molecule has 156 valence electrons. The molecule has 0 aliphatic carbocycles. The van der Waals surface area contributed by atoms with Gasteiger partial charge in [0.15, 0.2) is 0 Å². The number of hydrogen-bond donors (Lipinski definition) is 2. The number of benzene rings is 1. The van der Waals surface area contributed by atoms with Crippen molar-refractivity contribution in [3.05, 3.63) is 28.8 Å². The number of nitrogens with zero attached hydrogens (tertiary/aromatic N) is 1. The Bertz CT molecular complexity index is 678. The molecule has 0 aromatic heterocycles. The van der Waals surface area contributed by atoms with Crippen LogP contribution in [0.25, 0.3) is 0 Å². The summed E-state index contributed by atoms with van der Waals surface area (Å²) in [5, 5.41) is 4.81. The maximum Gasteiger partial charge on any atom is 0.417 e. The van der Waals surface area contributed by atoms with Gasteiger partial charge in [0.2, 0.25) is 0 Å². The molecule has 0 radical (unpaired) electrons. The van der Waals surface area contributed by atoms with Crippen LogP contribution in [0.3, 0.4) is 0 Å². The fraction of sp³-hybridized carbons (Fsp3) is 0.611. The summed E-state index contributed by atoms with van der Waals surface area (Å²) in [6, 6.07) is 2.81. The van der Waals surface area contributed by atoms with Gasteiger partial charge in [-0.3, -0.25) is 4.90 Å². The van der Waals surface area contributed by atoms with E-state index in [1.807, 2.05) is 0 Å². The third-order valence-corrected chi connectivity index (χ3v) is 5.35. The zero-order valence-corrected chi connectivity index (χ0v) is 16.0. The van der Waals surface area contributed by atoms with E-state index in [1.165, 1.54) is 6.07 Å². The fourth-order valence-corrected chi connectivity index (χ4v) is 3.78. The summed E-state index contributed by atoms with van der Waals surface area (Å²) in [5.41, 5.74) is -0.956. The quantitative estimate of drug-likeness (QED) is 0.766. The standard InChI is InChI=1S/C18H23ClF3N3O3/c19-15-2-1-13(9-14(15)18(20,21)22)24-17(26)23-10-16(12-3-6-28-11-12)25-4-7-27-8-5-25/h1-2,9,12,16H,3-8,10-11H2,(H2,23,24,26). The van der Waals surface area contributed by atoms with Gasteiger partial charge in [-0.15, -0.1) is 0 Å². The first kappa shape index (κ1) is 21.2. The maximum atomic E-state index is 13.0. The second-order valence-corrected chi connectivity index (χ2v) is 7.27. The number of halogens is 4. The molecular formula is C18H23ClF3N3O3. The number of carbonyl (C=O) groups excluding carboxylic acids is 1. The minimum atomic E-state index is -4.59. The first-order chi connectivity index (χ1) is 13.3. The first-order valence-electron chi connectivity index (χ1n) is 9.16. The summed E-state index contributed by atoms with van der Waals surface area (Å²) >= 11 is 5.60. The highest BCUT2D eigenvalue weighted by molar-refractivity contribution is 6.31. The zero-order chi connectivity index (χ0) is 20.1. The lowest BCUT2D eigenvalue weighted by molar-refractivity contribution is -0.137. The van der Waals surface area contributed by atoms with Crippen molar-refractivity contribution >= 4 is 23.3 Å². The molecule has 28 heavy (non-hydrogen) atoms. The zero-order valence-electron chi connectivity index (χ0n) is 15.2. The van der Waals surface area contributed by atoms with Crippen LogP contribution in [-0.4, -0.2) is 63.0 Å². The van der Waals surface area contributed by atoms with E-state index in [0.29, 0.717) is 38.9 Å². The SMILES string of the molecule is O=C(NCC(C1CCOC1)N1CCOCC1)Nc1ccc(Cl)c(C(F)(F)F)c1. The number of morpholine rings is 1. The summed E-state index contributed by atoms with van der Waals surface area (Å²) in [7, 11) is 0. The molecule has 2 heterocycles. The van der Waals surface area contributed by atoms with Crippen LogP contribution in [0.1, 0.15) is 12.0 Å². The van der Waals surface area contributed by atoms with Crippen LogP contribution in [0.4, 0.5) is 23.7 Å². The molecule has 2 aliphatic heterocycles. The number of rotatable bonds is 5. The minimum absolute atomic E-state index is 0.0290. The minimum Gasteiger partial charge on any atom is -0.381 e. The lowest BCUT2D eigenvalue weighted by Crippen LogP contribution is -2.52. The Labute approximate surface area is 166 Å². The van der Waals surface area contributed by atoms with E-state index in [9.17, 15) is 18.0 Å². The van der Waals surface area contributed by atoms with Gasteiger partial charge in [-0.2, -0.15) is 13.2 Å². The van der Waals surface area contributed by atoms with Gasteiger partial charge < -0.3 is 20.1 Å². The number of ether oxygens (including phenoxy) is 2. The molecule has 2 unspecified atom stereocenters. The Morgan fingerprint density at radius 2 is 2.00 bits per heavy atom. The number of amides is 2. The second kappa shape index (κ2) is 9.30. The molecular weight excluding hydrogens is 399 g/mol. The van der Waals surface area contributed by atoms with E-state index in [4.69, 9.17) is 21.1 Å². The van der Waals surface area contributed by atoms with Crippen molar-refractivity contribution in [2.75, 3.05) is 51.4 Å². The monoisotopic (exact) mass is 421 g/mol. The lowest BCUT2D eigenvalue weighted by atomic mass is 9.97. The summed E-state index contributed by atoms with van der Waals surface area (Å²) in [6.45, 7) is 4.54. The topological polar surface area (TPSA) is 62.8 Å². The smallest absolute Gasteiger partial charge is 0.381 e. The van der Waals surface area contributed by atoms with Crippen molar-refractivity contribution in [1.82, 2.24) is 10.2 Å². The van der Waals surface area contributed by atoms with Crippen LogP contribution >= 0.6 is 11.6 Å². The lowest BCUT2D eigenvalue weighted by Gasteiger charge is -2.37. The largest absolute Gasteiger partial charge is 0.417 e. The Morgan fingerprint density at radius 1 is 1.25 bits per heavy atom. The third kappa shape index (κ3) is 5.50. The van der Waals surface area contributed by atoms with Crippen LogP contribution in [0.5, 0.6) is 0 Å². The van der Waals surface area contributed by atoms with Gasteiger partial charge >= 0.3 is 12.2 Å². The van der Waals surface area contributed by atoms with Gasteiger partial charge in [-0.05, 0) is 24.6 Å². The van der Waals surface area contributed by atoms with E-state index in [0.717, 1.165) is 31.6 Å². The molecule has 1 aromatic carbocycles. The normalized spacial score (nSPS) is 22.1. The molecule has 6 nitrogen and oxygen atoms in total. The van der Waals surface area contributed by atoms with Crippen LogP contribution in [0, 0.1) is 5.92 Å². The summed E-state index contributed by atoms with van der Waals surface area (Å²) in [6.07, 6.45) is -3.67. The van der Waals surface area contributed by atoms with Gasteiger partial charge in [0.05, 0.1) is 30.4 Å². The number of carbonyl (C=O) groups is 1. The molecule has 0 saturated carbocycles. The van der Waals surface area contributed by atoms with Crippen LogP contribution in [0.15, 0.2) is 18.2 Å². The van der Waals surface area contributed by atoms with Crippen LogP contribution in [-0.2, 0) is 15.7 Å². The number of urea groups is 1. The number of anilines is 1. The van der Waals surface area contributed by atoms with E-state index >= 15 is 0 Å². The van der Waals surface area contributed by atoms with Crippen molar-refractivity contribution in [2.24, 2.45) is 5.92 Å². The van der Waals surface area contributed by atoms with Gasteiger partial charge in [0.1, 0.15) is 0 Å². The molecule has 2 saturated heterocycles. The fourth-order valence-electron chi connectivity index (χ4n) is 3.55. The van der Waals surface area contributed by atoms with Crippen molar-refractivity contribution in [3.63, 3.8) is 0 Å². The second-order valence-electron chi connectivity index (χ2n) is 6.87. The molecule has 0 bridgehead atoms. The summed E-state index contributed by atoms with van der Waals surface area (Å²) in [4.78, 5) is 14.5. The van der Waals surface area contributed by atoms with Crippen LogP contribution < -0.4 is 10.6 Å². The molecule has 2 N–H and O–H groups in total. The molecule has 10 heteroatoms. The van der Waals surface area contributed by atoms with E-state index in [-0.39, 0.29) is 11.7 Å². The molecule has 2 aliphatic rings. The Balaban J connectivity index is 1.60. The van der Waals surface area contributed by atoms with E-state index in [1.54, 1.807) is 0 Å². The average Bonchev–Trinajstić information content (AvgIpc) is 3.18. The van der Waals surface area contributed by atoms with Gasteiger partial charge in [0, 0.05) is 43.9 Å². The molecule has 0 spiro atoms. The highest BCUT2D eigenvalue weighted by Gasteiger charge is 2.34. The highest BCUT2D eigenvalue weighted by Crippen LogP contribution is 2.36. The van der Waals surface area contributed by atoms with Gasteiger partial charge in [0.25, 0.3) is 0 Å². The number of alkyl halides is 3. The first-order valence-corrected chi connectivity index (χ1v) is 9.53. The Kier molecular flexibility index (Phi) is 7.03. The molecule has 3 rings (SSSR count). The highest BCUT2D eigenvalue weighted by atomic mass is 35.5. The third-order valence-electron chi connectivity index (χ3n) is 5.03. The van der Waals surface area contributed by atoms with E-state index < -0.39 is 22.8 Å². The molecule has 2 atom stereocenters. The summed E-state index contributed by atoms with van der Waals surface area (Å²) < 4.78 is 49.7. The van der Waals surface area contributed by atoms with E-state index in [2.05, 4.69) is 15.5 Å². The van der Waals surface area contributed by atoms with Gasteiger partial charge in [-0.1, -0.05) is 11.6 Å².